The van der Waals surface area contributed by atoms with Gasteiger partial charge in [0.2, 0.25) is 11.9 Å². The van der Waals surface area contributed by atoms with Crippen molar-refractivity contribution in [3.8, 4) is 0 Å². The van der Waals surface area contributed by atoms with Crippen molar-refractivity contribution in [2.45, 2.75) is 71.2 Å². The van der Waals surface area contributed by atoms with Crippen molar-refractivity contribution in [1.82, 2.24) is 5.32 Å². The second-order valence-corrected chi connectivity index (χ2v) is 5.73. The maximum Gasteiger partial charge on any atom is 0.334 e. The van der Waals surface area contributed by atoms with E-state index in [1.807, 2.05) is 13.8 Å². The number of esters is 1. The van der Waals surface area contributed by atoms with Crippen LogP contribution >= 0.6 is 0 Å². The highest BCUT2D eigenvalue weighted by molar-refractivity contribution is 5.89. The van der Waals surface area contributed by atoms with Crippen molar-refractivity contribution < 1.29 is 24.0 Å². The van der Waals surface area contributed by atoms with E-state index >= 15 is 0 Å². The maximum absolute atomic E-state index is 12.0. The number of nitrogens with zero attached hydrogens (tertiary/aromatic N) is 1. The van der Waals surface area contributed by atoms with Gasteiger partial charge in [0.25, 0.3) is 0 Å². The molecule has 0 spiro atoms. The minimum Gasteiger partial charge on any atom is -0.463 e. The monoisotopic (exact) mass is 342 g/mol. The first-order valence-electron chi connectivity index (χ1n) is 8.27. The number of nitrogens with one attached hydrogen (secondary N) is 1. The molecule has 0 aromatic heterocycles. The highest BCUT2D eigenvalue weighted by atomic mass is 16.6. The molecule has 8 heteroatoms. The molecule has 1 N–H and O–H groups in total. The van der Waals surface area contributed by atoms with Gasteiger partial charge in [0.05, 0.1) is 12.7 Å². The second kappa shape index (κ2) is 9.36. The smallest absolute Gasteiger partial charge is 0.334 e. The number of ether oxygens (including phenoxy) is 2. The Bertz CT molecular complexity index is 501. The van der Waals surface area contributed by atoms with Gasteiger partial charge in [-0.1, -0.05) is 13.8 Å². The first-order chi connectivity index (χ1) is 11.3. The number of carbonyl (C=O) groups excluding carboxylic acids is 2. The Labute approximate surface area is 141 Å². The van der Waals surface area contributed by atoms with Crippen LogP contribution in [0.1, 0.15) is 47.0 Å². The molecule has 0 saturated heterocycles. The molecule has 0 bridgehead atoms. The summed E-state index contributed by atoms with van der Waals surface area (Å²) in [5.41, 5.74) is 0.219. The number of nitro groups is 1. The summed E-state index contributed by atoms with van der Waals surface area (Å²) in [4.78, 5) is 34.5. The predicted molar refractivity (Wildman–Crippen MR) is 87.0 cm³/mol. The van der Waals surface area contributed by atoms with Crippen LogP contribution in [-0.2, 0) is 19.1 Å². The molecule has 0 unspecified atom stereocenters. The molecule has 1 amide bonds. The Morgan fingerprint density at radius 1 is 1.38 bits per heavy atom. The zero-order valence-electron chi connectivity index (χ0n) is 14.6. The van der Waals surface area contributed by atoms with Crippen LogP contribution in [0.4, 0.5) is 0 Å². The Balaban J connectivity index is 3.17. The van der Waals surface area contributed by atoms with E-state index in [1.165, 1.54) is 6.92 Å². The summed E-state index contributed by atoms with van der Waals surface area (Å²) in [6.45, 7) is 7.06. The van der Waals surface area contributed by atoms with Crippen molar-refractivity contribution in [3.63, 3.8) is 0 Å². The molecule has 0 radical (unpaired) electrons. The lowest BCUT2D eigenvalue weighted by Gasteiger charge is -2.34. The average Bonchev–Trinajstić information content (AvgIpc) is 2.52. The molecule has 1 rings (SSSR count). The van der Waals surface area contributed by atoms with Gasteiger partial charge in [-0.3, -0.25) is 14.9 Å². The topological polar surface area (TPSA) is 108 Å². The Morgan fingerprint density at radius 2 is 2.00 bits per heavy atom. The van der Waals surface area contributed by atoms with Crippen LogP contribution in [0.15, 0.2) is 11.6 Å². The number of rotatable bonds is 8. The van der Waals surface area contributed by atoms with Crippen LogP contribution in [0.5, 0.6) is 0 Å². The van der Waals surface area contributed by atoms with E-state index in [2.05, 4.69) is 5.32 Å². The number of carbonyl (C=O) groups is 2. The molecule has 1 aliphatic carbocycles. The first-order valence-corrected chi connectivity index (χ1v) is 8.27. The number of hydrogen-bond donors (Lipinski definition) is 1. The number of amides is 1. The van der Waals surface area contributed by atoms with Crippen LogP contribution in [0.2, 0.25) is 0 Å². The zero-order valence-corrected chi connectivity index (χ0v) is 14.6. The molecule has 0 aliphatic heterocycles. The molecule has 1 aliphatic rings. The van der Waals surface area contributed by atoms with E-state index in [1.54, 1.807) is 13.0 Å². The quantitative estimate of drug-likeness (QED) is 0.408. The average molecular weight is 342 g/mol. The highest BCUT2D eigenvalue weighted by Gasteiger charge is 2.44. The van der Waals surface area contributed by atoms with Gasteiger partial charge >= 0.3 is 5.97 Å². The largest absolute Gasteiger partial charge is 0.463 e. The van der Waals surface area contributed by atoms with E-state index < -0.39 is 29.1 Å². The van der Waals surface area contributed by atoms with Crippen molar-refractivity contribution >= 4 is 11.9 Å². The van der Waals surface area contributed by atoms with E-state index in [4.69, 9.17) is 9.47 Å². The van der Waals surface area contributed by atoms with Gasteiger partial charge in [-0.05, 0) is 25.8 Å². The van der Waals surface area contributed by atoms with Gasteiger partial charge < -0.3 is 14.8 Å². The standard InChI is InChI=1S/C16H26N2O6/c1-5-12(6-2)24-14-9-11(16(20)23-7-3)8-13(18(21)22)15(14)17-10(4)19/h9,12-15H,5-8H2,1-4H3,(H,17,19)/t13-,14-,15-/m1/s1. The van der Waals surface area contributed by atoms with Crippen LogP contribution in [0.3, 0.4) is 0 Å². The van der Waals surface area contributed by atoms with Crippen LogP contribution < -0.4 is 5.32 Å². The fraction of sp³-hybridized carbons (Fsp3) is 0.750. The summed E-state index contributed by atoms with van der Waals surface area (Å²) in [5.74, 6) is -0.957. The van der Waals surface area contributed by atoms with E-state index in [0.29, 0.717) is 0 Å². The van der Waals surface area contributed by atoms with Crippen molar-refractivity contribution in [3.05, 3.63) is 21.8 Å². The summed E-state index contributed by atoms with van der Waals surface area (Å²) < 4.78 is 10.9. The maximum atomic E-state index is 12.0. The minimum atomic E-state index is -1.14. The van der Waals surface area contributed by atoms with Crippen LogP contribution in [-0.4, -0.2) is 47.7 Å². The lowest BCUT2D eigenvalue weighted by molar-refractivity contribution is -0.528. The molecular weight excluding hydrogens is 316 g/mol. The minimum absolute atomic E-state index is 0.0977. The third-order valence-electron chi connectivity index (χ3n) is 4.00. The molecule has 0 aromatic rings. The molecule has 0 fully saturated rings. The fourth-order valence-corrected chi connectivity index (χ4v) is 2.76. The second-order valence-electron chi connectivity index (χ2n) is 5.73. The van der Waals surface area contributed by atoms with Crippen molar-refractivity contribution in [2.24, 2.45) is 0 Å². The van der Waals surface area contributed by atoms with E-state index in [0.717, 1.165) is 12.8 Å². The molecule has 24 heavy (non-hydrogen) atoms. The zero-order chi connectivity index (χ0) is 18.3. The normalized spacial score (nSPS) is 23.5. The molecule has 0 aromatic carbocycles. The fourth-order valence-electron chi connectivity index (χ4n) is 2.76. The van der Waals surface area contributed by atoms with Gasteiger partial charge in [-0.2, -0.15) is 0 Å². The summed E-state index contributed by atoms with van der Waals surface area (Å²) in [6, 6.07) is -1.96. The first kappa shape index (κ1) is 20.1. The predicted octanol–water partition coefficient (Wildman–Crippen LogP) is 1.60. The Hall–Kier alpha value is -1.96. The molecule has 0 heterocycles. The summed E-state index contributed by atoms with van der Waals surface area (Å²) in [7, 11) is 0. The Morgan fingerprint density at radius 3 is 2.46 bits per heavy atom. The summed E-state index contributed by atoms with van der Waals surface area (Å²) >= 11 is 0. The van der Waals surface area contributed by atoms with E-state index in [9.17, 15) is 19.7 Å². The van der Waals surface area contributed by atoms with Crippen LogP contribution in [0.25, 0.3) is 0 Å². The van der Waals surface area contributed by atoms with Crippen LogP contribution in [0, 0.1) is 10.1 Å². The van der Waals surface area contributed by atoms with Gasteiger partial charge in [-0.25, -0.2) is 4.79 Å². The molecular formula is C16H26N2O6. The number of hydrogen-bond acceptors (Lipinski definition) is 6. The Kier molecular flexibility index (Phi) is 7.84. The SMILES string of the molecule is CCOC(=O)C1=C[C@@H](OC(CC)CC)[C@H](NC(C)=O)[C@H]([N+](=O)[O-])C1. The van der Waals surface area contributed by atoms with Crippen molar-refractivity contribution in [1.29, 1.82) is 0 Å². The summed E-state index contributed by atoms with van der Waals surface area (Å²) in [5, 5.41) is 14.1. The van der Waals surface area contributed by atoms with Gasteiger partial charge in [0, 0.05) is 23.8 Å². The van der Waals surface area contributed by atoms with Gasteiger partial charge in [0.1, 0.15) is 12.1 Å². The molecule has 8 nitrogen and oxygen atoms in total. The summed E-state index contributed by atoms with van der Waals surface area (Å²) in [6.07, 6.45) is 2.05. The lowest BCUT2D eigenvalue weighted by atomic mass is 9.88. The molecule has 136 valence electrons. The van der Waals surface area contributed by atoms with Gasteiger partial charge in [-0.15, -0.1) is 0 Å². The lowest BCUT2D eigenvalue weighted by Crippen LogP contribution is -2.56. The third-order valence-corrected chi connectivity index (χ3v) is 4.00. The highest BCUT2D eigenvalue weighted by Crippen LogP contribution is 2.26. The van der Waals surface area contributed by atoms with Gasteiger partial charge in [0.15, 0.2) is 0 Å². The third kappa shape index (κ3) is 5.30. The molecule has 3 atom stereocenters. The van der Waals surface area contributed by atoms with Crippen molar-refractivity contribution in [2.75, 3.05) is 6.61 Å². The molecule has 0 saturated carbocycles. The van der Waals surface area contributed by atoms with E-state index in [-0.39, 0.29) is 30.6 Å².